The summed E-state index contributed by atoms with van der Waals surface area (Å²) < 4.78 is 25.5. The number of benzene rings is 1. The number of aliphatic imine (C=N–C) groups is 1. The van der Waals surface area contributed by atoms with E-state index in [2.05, 4.69) is 20.9 Å². The Morgan fingerprint density at radius 3 is 2.08 bits per heavy atom. The van der Waals surface area contributed by atoms with Crippen LogP contribution >= 0.6 is 15.9 Å². The molecule has 0 aliphatic rings. The van der Waals surface area contributed by atoms with Crippen LogP contribution < -0.4 is 11.5 Å². The van der Waals surface area contributed by atoms with Gasteiger partial charge in [-0.1, -0.05) is 0 Å². The second-order valence-corrected chi connectivity index (χ2v) is 3.05. The van der Waals surface area contributed by atoms with E-state index in [4.69, 9.17) is 11.5 Å². The predicted octanol–water partition coefficient (Wildman–Crippen LogP) is 1.63. The number of nitrogens with zero attached hydrogens (tertiary/aromatic N) is 1. The number of hydrogen-bond donors (Lipinski definition) is 2. The van der Waals surface area contributed by atoms with Gasteiger partial charge in [-0.3, -0.25) is 0 Å². The molecule has 70 valence electrons. The molecule has 0 aliphatic carbocycles. The van der Waals surface area contributed by atoms with E-state index in [1.807, 2.05) is 0 Å². The van der Waals surface area contributed by atoms with Gasteiger partial charge in [0, 0.05) is 12.1 Å². The summed E-state index contributed by atoms with van der Waals surface area (Å²) in [4.78, 5) is 3.49. The molecule has 0 heterocycles. The average molecular weight is 250 g/mol. The molecule has 0 radical (unpaired) electrons. The van der Waals surface area contributed by atoms with E-state index >= 15 is 0 Å². The Kier molecular flexibility index (Phi) is 2.82. The third-order valence-electron chi connectivity index (χ3n) is 1.23. The monoisotopic (exact) mass is 249 g/mol. The Labute approximate surface area is 81.6 Å². The van der Waals surface area contributed by atoms with Crippen LogP contribution in [0.3, 0.4) is 0 Å². The molecule has 0 spiro atoms. The minimum atomic E-state index is -0.750. The number of nitrogens with two attached hydrogens (primary N) is 2. The second kappa shape index (κ2) is 3.69. The number of guanidine groups is 1. The molecule has 3 nitrogen and oxygen atoms in total. The summed E-state index contributed by atoms with van der Waals surface area (Å²) in [5, 5.41) is 0. The van der Waals surface area contributed by atoms with Crippen LogP contribution in [0.4, 0.5) is 14.5 Å². The van der Waals surface area contributed by atoms with Crippen LogP contribution in [-0.2, 0) is 0 Å². The smallest absolute Gasteiger partial charge is 0.191 e. The highest BCUT2D eigenvalue weighted by Crippen LogP contribution is 2.24. The molecule has 0 atom stereocenters. The fourth-order valence-electron chi connectivity index (χ4n) is 0.756. The quantitative estimate of drug-likeness (QED) is 0.452. The summed E-state index contributed by atoms with van der Waals surface area (Å²) in [5.74, 6) is -1.75. The first kappa shape index (κ1) is 9.91. The molecule has 0 aromatic heterocycles. The zero-order valence-electron chi connectivity index (χ0n) is 6.39. The first-order chi connectivity index (χ1) is 6.00. The Morgan fingerprint density at radius 1 is 1.23 bits per heavy atom. The first-order valence-corrected chi connectivity index (χ1v) is 4.04. The van der Waals surface area contributed by atoms with Crippen LogP contribution in [0.15, 0.2) is 21.6 Å². The van der Waals surface area contributed by atoms with Gasteiger partial charge in [0.25, 0.3) is 0 Å². The van der Waals surface area contributed by atoms with Crippen molar-refractivity contribution in [3.63, 3.8) is 0 Å². The lowest BCUT2D eigenvalue weighted by Crippen LogP contribution is -2.21. The maximum atomic E-state index is 12.9. The van der Waals surface area contributed by atoms with E-state index in [1.54, 1.807) is 0 Å². The minimum Gasteiger partial charge on any atom is -0.370 e. The number of halogens is 3. The van der Waals surface area contributed by atoms with Gasteiger partial charge in [0.05, 0.1) is 10.2 Å². The Morgan fingerprint density at radius 2 is 1.69 bits per heavy atom. The summed E-state index contributed by atoms with van der Waals surface area (Å²) in [5.41, 5.74) is 10.1. The summed E-state index contributed by atoms with van der Waals surface area (Å²) in [6.07, 6.45) is 0. The molecule has 4 N–H and O–H groups in total. The highest BCUT2D eigenvalue weighted by Gasteiger charge is 2.07. The number of rotatable bonds is 1. The lowest BCUT2D eigenvalue weighted by molar-refractivity contribution is 0.572. The van der Waals surface area contributed by atoms with E-state index in [0.29, 0.717) is 0 Å². The lowest BCUT2D eigenvalue weighted by Gasteiger charge is -1.99. The topological polar surface area (TPSA) is 64.4 Å². The largest absolute Gasteiger partial charge is 0.370 e. The SMILES string of the molecule is NC(N)=Nc1cc(F)c(Br)c(F)c1. The van der Waals surface area contributed by atoms with Crippen LogP contribution in [0.25, 0.3) is 0 Å². The van der Waals surface area contributed by atoms with Crippen molar-refractivity contribution in [2.24, 2.45) is 16.5 Å². The van der Waals surface area contributed by atoms with E-state index in [0.717, 1.165) is 12.1 Å². The van der Waals surface area contributed by atoms with Gasteiger partial charge in [-0.05, 0) is 15.9 Å². The third kappa shape index (κ3) is 2.38. The van der Waals surface area contributed by atoms with Crippen molar-refractivity contribution in [1.29, 1.82) is 0 Å². The third-order valence-corrected chi connectivity index (χ3v) is 1.98. The Bertz CT molecular complexity index is 338. The Hall–Kier alpha value is -1.17. The van der Waals surface area contributed by atoms with Gasteiger partial charge in [0.1, 0.15) is 11.6 Å². The van der Waals surface area contributed by atoms with E-state index < -0.39 is 11.6 Å². The van der Waals surface area contributed by atoms with Crippen LogP contribution in [0, 0.1) is 11.6 Å². The molecule has 1 rings (SSSR count). The molecule has 0 fully saturated rings. The molecule has 13 heavy (non-hydrogen) atoms. The summed E-state index contributed by atoms with van der Waals surface area (Å²) >= 11 is 2.72. The molecule has 0 saturated carbocycles. The normalized spacial score (nSPS) is 9.77. The highest BCUT2D eigenvalue weighted by atomic mass is 79.9. The van der Waals surface area contributed by atoms with Crippen molar-refractivity contribution in [3.05, 3.63) is 28.2 Å². The molecule has 0 saturated heterocycles. The van der Waals surface area contributed by atoms with E-state index in [9.17, 15) is 8.78 Å². The molecule has 0 bridgehead atoms. The van der Waals surface area contributed by atoms with Crippen LogP contribution in [0.5, 0.6) is 0 Å². The molecule has 1 aromatic rings. The first-order valence-electron chi connectivity index (χ1n) is 3.25. The molecule has 0 aliphatic heterocycles. The fraction of sp³-hybridized carbons (Fsp3) is 0. The zero-order valence-corrected chi connectivity index (χ0v) is 7.98. The van der Waals surface area contributed by atoms with Gasteiger partial charge in [-0.25, -0.2) is 13.8 Å². The van der Waals surface area contributed by atoms with Gasteiger partial charge < -0.3 is 11.5 Å². The van der Waals surface area contributed by atoms with Crippen LogP contribution in [0.2, 0.25) is 0 Å². The minimum absolute atomic E-state index is 0.0400. The van der Waals surface area contributed by atoms with Crippen molar-refractivity contribution in [2.45, 2.75) is 0 Å². The summed E-state index contributed by atoms with van der Waals surface area (Å²) in [6, 6.07) is 2.04. The van der Waals surface area contributed by atoms with Crippen molar-refractivity contribution < 1.29 is 8.78 Å². The molecule has 0 unspecified atom stereocenters. The van der Waals surface area contributed by atoms with Gasteiger partial charge in [-0.15, -0.1) is 0 Å². The maximum absolute atomic E-state index is 12.9. The Balaban J connectivity index is 3.21. The molecular formula is C7H6BrF2N3. The van der Waals surface area contributed by atoms with Crippen molar-refractivity contribution in [1.82, 2.24) is 0 Å². The maximum Gasteiger partial charge on any atom is 0.191 e. The zero-order chi connectivity index (χ0) is 10.0. The highest BCUT2D eigenvalue weighted by molar-refractivity contribution is 9.10. The fourth-order valence-corrected chi connectivity index (χ4v) is 0.985. The van der Waals surface area contributed by atoms with Gasteiger partial charge in [0.15, 0.2) is 5.96 Å². The summed E-state index contributed by atoms with van der Waals surface area (Å²) in [7, 11) is 0. The van der Waals surface area contributed by atoms with E-state index in [-0.39, 0.29) is 16.1 Å². The standard InChI is InChI=1S/C7H6BrF2N3/c8-6-4(9)1-3(2-5(6)10)13-7(11)12/h1-2H,(H4,11,12,13). The van der Waals surface area contributed by atoms with Crippen LogP contribution in [0.1, 0.15) is 0 Å². The molecule has 1 aromatic carbocycles. The van der Waals surface area contributed by atoms with Gasteiger partial charge in [0.2, 0.25) is 0 Å². The van der Waals surface area contributed by atoms with Crippen molar-refractivity contribution in [2.75, 3.05) is 0 Å². The van der Waals surface area contributed by atoms with Crippen molar-refractivity contribution in [3.8, 4) is 0 Å². The number of hydrogen-bond acceptors (Lipinski definition) is 1. The molecule has 0 amide bonds. The van der Waals surface area contributed by atoms with Gasteiger partial charge in [-0.2, -0.15) is 0 Å². The second-order valence-electron chi connectivity index (χ2n) is 2.26. The molecular weight excluding hydrogens is 244 g/mol. The molecule has 6 heteroatoms. The average Bonchev–Trinajstić information content (AvgIpc) is 1.98. The summed E-state index contributed by atoms with van der Waals surface area (Å²) in [6.45, 7) is 0. The van der Waals surface area contributed by atoms with Crippen LogP contribution in [-0.4, -0.2) is 5.96 Å². The van der Waals surface area contributed by atoms with Gasteiger partial charge >= 0.3 is 0 Å². The van der Waals surface area contributed by atoms with Crippen molar-refractivity contribution >= 4 is 27.6 Å². The van der Waals surface area contributed by atoms with E-state index in [1.165, 1.54) is 0 Å². The predicted molar refractivity (Wildman–Crippen MR) is 49.5 cm³/mol. The lowest BCUT2D eigenvalue weighted by atomic mass is 10.3.